The predicted molar refractivity (Wildman–Crippen MR) is 110 cm³/mol. The van der Waals surface area contributed by atoms with Gasteiger partial charge in [-0.25, -0.2) is 4.98 Å². The lowest BCUT2D eigenvalue weighted by atomic mass is 10.1. The number of aromatic nitrogens is 3. The number of hydrogen-bond donors (Lipinski definition) is 1. The molecule has 28 heavy (non-hydrogen) atoms. The third-order valence-electron chi connectivity index (χ3n) is 4.91. The topological polar surface area (TPSA) is 65.1 Å². The molecule has 1 saturated heterocycles. The van der Waals surface area contributed by atoms with Gasteiger partial charge in [0.15, 0.2) is 5.16 Å². The van der Waals surface area contributed by atoms with Crippen molar-refractivity contribution in [3.05, 3.63) is 77.6 Å². The van der Waals surface area contributed by atoms with E-state index in [4.69, 9.17) is 0 Å². The summed E-state index contributed by atoms with van der Waals surface area (Å²) in [6.45, 7) is 4.25. The lowest BCUT2D eigenvalue weighted by Gasteiger charge is -2.35. The van der Waals surface area contributed by atoms with Crippen molar-refractivity contribution in [1.82, 2.24) is 25.0 Å². The molecule has 1 aliphatic heterocycles. The van der Waals surface area contributed by atoms with Crippen LogP contribution in [0, 0.1) is 0 Å². The summed E-state index contributed by atoms with van der Waals surface area (Å²) in [5, 5.41) is 7.47. The van der Waals surface area contributed by atoms with Crippen LogP contribution in [0.2, 0.25) is 0 Å². The molecule has 0 saturated carbocycles. The van der Waals surface area contributed by atoms with E-state index in [2.05, 4.69) is 44.3 Å². The summed E-state index contributed by atoms with van der Waals surface area (Å²) >= 11 is 1.55. The third kappa shape index (κ3) is 4.61. The highest BCUT2D eigenvalue weighted by molar-refractivity contribution is 7.98. The van der Waals surface area contributed by atoms with E-state index in [1.165, 1.54) is 11.9 Å². The zero-order valence-corrected chi connectivity index (χ0v) is 16.4. The average molecular weight is 394 g/mol. The number of piperazine rings is 1. The Labute approximate surface area is 169 Å². The summed E-state index contributed by atoms with van der Waals surface area (Å²) in [6.07, 6.45) is 1.49. The van der Waals surface area contributed by atoms with Crippen LogP contribution in [0.5, 0.6) is 0 Å². The van der Waals surface area contributed by atoms with Crippen LogP contribution in [0.1, 0.15) is 21.5 Å². The van der Waals surface area contributed by atoms with Gasteiger partial charge in [0.05, 0.1) is 0 Å². The summed E-state index contributed by atoms with van der Waals surface area (Å²) < 4.78 is 0. The molecule has 1 aliphatic rings. The standard InChI is InChI=1S/C21H23N5OS/c27-20(19-9-5-4-8-18(19)15-28-21-22-16-23-24-21)26-12-10-25(11-13-26)14-17-6-2-1-3-7-17/h1-9,16H,10-15H2,(H,22,23,24). The third-order valence-corrected chi connectivity index (χ3v) is 5.84. The molecule has 0 radical (unpaired) electrons. The minimum absolute atomic E-state index is 0.119. The number of aromatic amines is 1. The first kappa shape index (κ1) is 18.7. The van der Waals surface area contributed by atoms with Crippen molar-refractivity contribution < 1.29 is 4.79 Å². The van der Waals surface area contributed by atoms with Gasteiger partial charge in [0.2, 0.25) is 0 Å². The fourth-order valence-electron chi connectivity index (χ4n) is 3.39. The van der Waals surface area contributed by atoms with Crippen LogP contribution < -0.4 is 0 Å². The summed E-state index contributed by atoms with van der Waals surface area (Å²) in [5.74, 6) is 0.804. The SMILES string of the molecule is O=C(c1ccccc1CSc1ncn[nH]1)N1CCN(Cc2ccccc2)CC1. The number of amides is 1. The molecule has 1 N–H and O–H groups in total. The molecule has 0 unspecified atom stereocenters. The van der Waals surface area contributed by atoms with Gasteiger partial charge in [-0.05, 0) is 17.2 Å². The van der Waals surface area contributed by atoms with Gasteiger partial charge >= 0.3 is 0 Å². The molecule has 0 bridgehead atoms. The lowest BCUT2D eigenvalue weighted by Crippen LogP contribution is -2.48. The summed E-state index contributed by atoms with van der Waals surface area (Å²) in [6, 6.07) is 18.3. The Morgan fingerprint density at radius 3 is 2.50 bits per heavy atom. The fraction of sp³-hybridized carbons (Fsp3) is 0.286. The van der Waals surface area contributed by atoms with Crippen molar-refractivity contribution in [2.75, 3.05) is 26.2 Å². The van der Waals surface area contributed by atoms with Crippen LogP contribution in [0.4, 0.5) is 0 Å². The van der Waals surface area contributed by atoms with E-state index in [1.807, 2.05) is 35.2 Å². The van der Waals surface area contributed by atoms with E-state index in [0.717, 1.165) is 49.0 Å². The molecule has 7 heteroatoms. The number of nitrogens with one attached hydrogen (secondary N) is 1. The summed E-state index contributed by atoms with van der Waals surface area (Å²) in [4.78, 5) is 21.6. The van der Waals surface area contributed by atoms with Gasteiger partial charge in [0.25, 0.3) is 5.91 Å². The smallest absolute Gasteiger partial charge is 0.254 e. The Hall–Kier alpha value is -2.64. The number of H-pyrrole nitrogens is 1. The van der Waals surface area contributed by atoms with Crippen LogP contribution in [0.15, 0.2) is 66.1 Å². The van der Waals surface area contributed by atoms with Gasteiger partial charge in [-0.3, -0.25) is 14.8 Å². The van der Waals surface area contributed by atoms with Gasteiger partial charge in [-0.2, -0.15) is 5.10 Å². The lowest BCUT2D eigenvalue weighted by molar-refractivity contribution is 0.0627. The van der Waals surface area contributed by atoms with Crippen molar-refractivity contribution >= 4 is 17.7 Å². The molecule has 1 aromatic heterocycles. The van der Waals surface area contributed by atoms with E-state index >= 15 is 0 Å². The molecule has 6 nitrogen and oxygen atoms in total. The molecule has 4 rings (SSSR count). The number of carbonyl (C=O) groups is 1. The molecular weight excluding hydrogens is 370 g/mol. The Morgan fingerprint density at radius 2 is 1.75 bits per heavy atom. The first-order valence-corrected chi connectivity index (χ1v) is 10.4. The fourth-order valence-corrected chi connectivity index (χ4v) is 4.17. The average Bonchev–Trinajstić information content (AvgIpc) is 3.27. The Balaban J connectivity index is 1.36. The van der Waals surface area contributed by atoms with Gasteiger partial charge in [-0.1, -0.05) is 60.3 Å². The zero-order valence-electron chi connectivity index (χ0n) is 15.6. The minimum atomic E-state index is 0.119. The Morgan fingerprint density at radius 1 is 1.00 bits per heavy atom. The molecule has 1 amide bonds. The number of thioether (sulfide) groups is 1. The Bertz CT molecular complexity index is 892. The van der Waals surface area contributed by atoms with Crippen molar-refractivity contribution in [2.24, 2.45) is 0 Å². The molecule has 0 atom stereocenters. The van der Waals surface area contributed by atoms with E-state index < -0.39 is 0 Å². The quantitative estimate of drug-likeness (QED) is 0.652. The number of carbonyl (C=O) groups excluding carboxylic acids is 1. The van der Waals surface area contributed by atoms with Gasteiger partial charge in [0.1, 0.15) is 6.33 Å². The molecule has 1 fully saturated rings. The summed E-state index contributed by atoms with van der Waals surface area (Å²) in [7, 11) is 0. The highest BCUT2D eigenvalue weighted by atomic mass is 32.2. The second-order valence-corrected chi connectivity index (χ2v) is 7.75. The first-order valence-electron chi connectivity index (χ1n) is 9.41. The zero-order chi connectivity index (χ0) is 19.2. The summed E-state index contributed by atoms with van der Waals surface area (Å²) in [5.41, 5.74) is 3.13. The van der Waals surface area contributed by atoms with E-state index in [-0.39, 0.29) is 5.91 Å². The molecule has 0 aliphatic carbocycles. The molecule has 2 aromatic carbocycles. The molecule has 144 valence electrons. The highest BCUT2D eigenvalue weighted by Gasteiger charge is 2.23. The number of nitrogens with zero attached hydrogens (tertiary/aromatic N) is 4. The van der Waals surface area contributed by atoms with Gasteiger partial charge < -0.3 is 4.90 Å². The monoisotopic (exact) mass is 393 g/mol. The first-order chi connectivity index (χ1) is 13.8. The van der Waals surface area contributed by atoms with Gasteiger partial charge in [-0.15, -0.1) is 0 Å². The second kappa shape index (κ2) is 9.03. The van der Waals surface area contributed by atoms with E-state index in [1.54, 1.807) is 11.8 Å². The number of benzene rings is 2. The largest absolute Gasteiger partial charge is 0.336 e. The van der Waals surface area contributed by atoms with Crippen molar-refractivity contribution in [1.29, 1.82) is 0 Å². The van der Waals surface area contributed by atoms with E-state index in [0.29, 0.717) is 5.75 Å². The maximum atomic E-state index is 13.1. The Kier molecular flexibility index (Phi) is 6.04. The maximum absolute atomic E-state index is 13.1. The number of rotatable bonds is 6. The van der Waals surface area contributed by atoms with Crippen molar-refractivity contribution in [3.63, 3.8) is 0 Å². The van der Waals surface area contributed by atoms with E-state index in [9.17, 15) is 4.79 Å². The van der Waals surface area contributed by atoms with Crippen LogP contribution >= 0.6 is 11.8 Å². The predicted octanol–water partition coefficient (Wildman–Crippen LogP) is 3.06. The van der Waals surface area contributed by atoms with Crippen LogP contribution in [-0.4, -0.2) is 57.1 Å². The van der Waals surface area contributed by atoms with Crippen molar-refractivity contribution in [3.8, 4) is 0 Å². The van der Waals surface area contributed by atoms with Crippen molar-refractivity contribution in [2.45, 2.75) is 17.5 Å². The minimum Gasteiger partial charge on any atom is -0.336 e. The maximum Gasteiger partial charge on any atom is 0.254 e. The molecule has 3 aromatic rings. The molecule has 2 heterocycles. The van der Waals surface area contributed by atoms with Crippen LogP contribution in [-0.2, 0) is 12.3 Å². The molecule has 0 spiro atoms. The normalized spacial score (nSPS) is 14.9. The van der Waals surface area contributed by atoms with Crippen LogP contribution in [0.3, 0.4) is 0 Å². The second-order valence-electron chi connectivity index (χ2n) is 6.79. The van der Waals surface area contributed by atoms with Crippen LogP contribution in [0.25, 0.3) is 0 Å². The molecular formula is C21H23N5OS. The van der Waals surface area contributed by atoms with Gasteiger partial charge in [0, 0.05) is 44.0 Å². The number of hydrogen-bond acceptors (Lipinski definition) is 5. The highest BCUT2D eigenvalue weighted by Crippen LogP contribution is 2.22.